The Morgan fingerprint density at radius 1 is 1.24 bits per heavy atom. The third-order valence-corrected chi connectivity index (χ3v) is 4.04. The summed E-state index contributed by atoms with van der Waals surface area (Å²) in [7, 11) is -3.99. The van der Waals surface area contributed by atoms with E-state index in [1.807, 2.05) is 0 Å². The van der Waals surface area contributed by atoms with Gasteiger partial charge in [0, 0.05) is 17.1 Å². The largest absolute Gasteiger partial charge is 0.347 e. The van der Waals surface area contributed by atoms with Crippen molar-refractivity contribution in [2.24, 2.45) is 0 Å². The number of carbonyl (C=O) groups excluding carboxylic acids is 1. The Morgan fingerprint density at radius 3 is 2.29 bits per heavy atom. The molecule has 118 valence electrons. The summed E-state index contributed by atoms with van der Waals surface area (Å²) in [4.78, 5) is 11.5. The first-order valence-corrected chi connectivity index (χ1v) is 8.05. The molecule has 0 saturated carbocycles. The van der Waals surface area contributed by atoms with Crippen molar-refractivity contribution >= 4 is 15.9 Å². The number of benzene rings is 1. The monoisotopic (exact) mass is 316 g/mol. The summed E-state index contributed by atoms with van der Waals surface area (Å²) in [5, 5.41) is 2.70. The zero-order chi connectivity index (χ0) is 16.4. The maximum absolute atomic E-state index is 13.8. The van der Waals surface area contributed by atoms with E-state index in [9.17, 15) is 17.6 Å². The van der Waals surface area contributed by atoms with E-state index in [1.165, 1.54) is 6.07 Å². The zero-order valence-electron chi connectivity index (χ0n) is 12.8. The molecule has 0 unspecified atom stereocenters. The highest BCUT2D eigenvalue weighted by Gasteiger charge is 2.23. The van der Waals surface area contributed by atoms with Crippen LogP contribution in [-0.4, -0.2) is 25.9 Å². The molecule has 0 spiro atoms. The van der Waals surface area contributed by atoms with Gasteiger partial charge in [0.2, 0.25) is 10.0 Å². The van der Waals surface area contributed by atoms with E-state index in [4.69, 9.17) is 0 Å². The van der Waals surface area contributed by atoms with Gasteiger partial charge in [0.1, 0.15) is 10.7 Å². The molecule has 0 aliphatic heterocycles. The van der Waals surface area contributed by atoms with E-state index in [1.54, 1.807) is 34.6 Å². The lowest BCUT2D eigenvalue weighted by atomic mass is 10.1. The molecular formula is C14H21FN2O3S. The van der Waals surface area contributed by atoms with Crippen molar-refractivity contribution < 1.29 is 17.6 Å². The molecular weight excluding hydrogens is 295 g/mol. The van der Waals surface area contributed by atoms with Crippen molar-refractivity contribution in [2.45, 2.75) is 51.1 Å². The van der Waals surface area contributed by atoms with Gasteiger partial charge in [-0.05, 0) is 52.8 Å². The van der Waals surface area contributed by atoms with Crippen LogP contribution in [0, 0.1) is 5.82 Å². The smallest absolute Gasteiger partial charge is 0.251 e. The molecule has 0 atom stereocenters. The molecule has 1 aromatic carbocycles. The summed E-state index contributed by atoms with van der Waals surface area (Å²) in [6.07, 6.45) is 0. The molecule has 0 bridgehead atoms. The maximum Gasteiger partial charge on any atom is 0.251 e. The van der Waals surface area contributed by atoms with Crippen LogP contribution in [-0.2, 0) is 10.0 Å². The van der Waals surface area contributed by atoms with Gasteiger partial charge >= 0.3 is 0 Å². The van der Waals surface area contributed by atoms with Gasteiger partial charge in [-0.3, -0.25) is 4.79 Å². The Bertz CT molecular complexity index is 634. The molecule has 0 aromatic heterocycles. The predicted octanol–water partition coefficient (Wildman–Crippen LogP) is 2.04. The van der Waals surface area contributed by atoms with Crippen LogP contribution in [0.1, 0.15) is 45.0 Å². The topological polar surface area (TPSA) is 75.3 Å². The van der Waals surface area contributed by atoms with Crippen molar-refractivity contribution in [2.75, 3.05) is 0 Å². The summed E-state index contributed by atoms with van der Waals surface area (Å²) < 4.78 is 40.1. The lowest BCUT2D eigenvalue weighted by molar-refractivity contribution is 0.0919. The SMILES string of the molecule is CC(C)NS(=O)(=O)c1cc(C(=O)NC(C)(C)C)ccc1F. The van der Waals surface area contributed by atoms with Gasteiger partial charge in [-0.1, -0.05) is 0 Å². The van der Waals surface area contributed by atoms with Crippen LogP contribution in [0.2, 0.25) is 0 Å². The number of hydrogen-bond donors (Lipinski definition) is 2. The van der Waals surface area contributed by atoms with Crippen molar-refractivity contribution in [1.29, 1.82) is 0 Å². The number of halogens is 1. The predicted molar refractivity (Wildman–Crippen MR) is 79.1 cm³/mol. The fourth-order valence-corrected chi connectivity index (χ4v) is 2.99. The van der Waals surface area contributed by atoms with E-state index in [-0.39, 0.29) is 11.6 Å². The number of rotatable bonds is 4. The van der Waals surface area contributed by atoms with Crippen LogP contribution in [0.3, 0.4) is 0 Å². The Balaban J connectivity index is 3.20. The van der Waals surface area contributed by atoms with Crippen LogP contribution in [0.4, 0.5) is 4.39 Å². The van der Waals surface area contributed by atoms with Crippen LogP contribution in [0.15, 0.2) is 23.1 Å². The molecule has 0 aliphatic rings. The fourth-order valence-electron chi connectivity index (χ4n) is 1.64. The number of hydrogen-bond acceptors (Lipinski definition) is 3. The highest BCUT2D eigenvalue weighted by atomic mass is 32.2. The lowest BCUT2D eigenvalue weighted by Gasteiger charge is -2.20. The molecule has 0 radical (unpaired) electrons. The van der Waals surface area contributed by atoms with Gasteiger partial charge < -0.3 is 5.32 Å². The maximum atomic E-state index is 13.8. The molecule has 5 nitrogen and oxygen atoms in total. The summed E-state index contributed by atoms with van der Waals surface area (Å²) in [5.41, 5.74) is -0.379. The highest BCUT2D eigenvalue weighted by molar-refractivity contribution is 7.89. The molecule has 0 fully saturated rings. The minimum Gasteiger partial charge on any atom is -0.347 e. The molecule has 1 aromatic rings. The Labute approximate surface area is 125 Å². The fraction of sp³-hybridized carbons (Fsp3) is 0.500. The average molecular weight is 316 g/mol. The number of carbonyl (C=O) groups is 1. The average Bonchev–Trinajstić information content (AvgIpc) is 2.24. The molecule has 1 rings (SSSR count). The number of sulfonamides is 1. The molecule has 1 amide bonds. The first-order valence-electron chi connectivity index (χ1n) is 6.57. The van der Waals surface area contributed by atoms with Crippen LogP contribution < -0.4 is 10.0 Å². The third kappa shape index (κ3) is 5.09. The van der Waals surface area contributed by atoms with Crippen LogP contribution in [0.5, 0.6) is 0 Å². The number of nitrogens with one attached hydrogen (secondary N) is 2. The molecule has 21 heavy (non-hydrogen) atoms. The third-order valence-electron chi connectivity index (χ3n) is 2.36. The minimum atomic E-state index is -3.99. The van der Waals surface area contributed by atoms with E-state index >= 15 is 0 Å². The summed E-state index contributed by atoms with van der Waals surface area (Å²) in [6.45, 7) is 8.66. The molecule has 0 aliphatic carbocycles. The first kappa shape index (κ1) is 17.6. The second kappa shape index (κ2) is 6.11. The summed E-state index contributed by atoms with van der Waals surface area (Å²) in [5.74, 6) is -1.35. The van der Waals surface area contributed by atoms with Gasteiger partial charge in [0.25, 0.3) is 5.91 Å². The second-order valence-corrected chi connectivity index (χ2v) is 7.81. The Morgan fingerprint density at radius 2 is 1.81 bits per heavy atom. The summed E-state index contributed by atoms with van der Waals surface area (Å²) >= 11 is 0. The standard InChI is InChI=1S/C14H21FN2O3S/c1-9(2)17-21(19,20)12-8-10(6-7-11(12)15)13(18)16-14(3,4)5/h6-9,17H,1-5H3,(H,16,18). The van der Waals surface area contributed by atoms with E-state index in [2.05, 4.69) is 10.0 Å². The van der Waals surface area contributed by atoms with Gasteiger partial charge in [0.15, 0.2) is 0 Å². The normalized spacial score (nSPS) is 12.5. The molecule has 7 heteroatoms. The first-order chi connectivity index (χ1) is 9.42. The zero-order valence-corrected chi connectivity index (χ0v) is 13.6. The lowest BCUT2D eigenvalue weighted by Crippen LogP contribution is -2.40. The second-order valence-electron chi connectivity index (χ2n) is 6.13. The van der Waals surface area contributed by atoms with Crippen molar-refractivity contribution in [3.05, 3.63) is 29.6 Å². The van der Waals surface area contributed by atoms with Gasteiger partial charge in [-0.2, -0.15) is 0 Å². The van der Waals surface area contributed by atoms with Crippen LogP contribution >= 0.6 is 0 Å². The Kier molecular flexibility index (Phi) is 5.11. The molecule has 0 saturated heterocycles. The van der Waals surface area contributed by atoms with Gasteiger partial charge in [-0.25, -0.2) is 17.5 Å². The quantitative estimate of drug-likeness (QED) is 0.892. The van der Waals surface area contributed by atoms with E-state index in [0.717, 1.165) is 12.1 Å². The van der Waals surface area contributed by atoms with E-state index in [0.29, 0.717) is 0 Å². The number of amides is 1. The van der Waals surface area contributed by atoms with Gasteiger partial charge in [-0.15, -0.1) is 0 Å². The minimum absolute atomic E-state index is 0.0930. The highest BCUT2D eigenvalue weighted by Crippen LogP contribution is 2.17. The van der Waals surface area contributed by atoms with Gasteiger partial charge in [0.05, 0.1) is 0 Å². The van der Waals surface area contributed by atoms with Crippen LogP contribution in [0.25, 0.3) is 0 Å². The Hall–Kier alpha value is -1.47. The van der Waals surface area contributed by atoms with Crippen molar-refractivity contribution in [3.63, 3.8) is 0 Å². The molecule has 0 heterocycles. The van der Waals surface area contributed by atoms with Crippen molar-refractivity contribution in [1.82, 2.24) is 10.0 Å². The summed E-state index contributed by atoms with van der Waals surface area (Å²) in [6, 6.07) is 2.90. The van der Waals surface area contributed by atoms with E-state index < -0.39 is 32.2 Å². The molecule has 2 N–H and O–H groups in total. The van der Waals surface area contributed by atoms with Crippen molar-refractivity contribution in [3.8, 4) is 0 Å².